The van der Waals surface area contributed by atoms with Gasteiger partial charge in [0.1, 0.15) is 0 Å². The van der Waals surface area contributed by atoms with Gasteiger partial charge in [-0.1, -0.05) is 30.7 Å². The highest BCUT2D eigenvalue weighted by atomic mass is 32.2. The Labute approximate surface area is 156 Å². The highest BCUT2D eigenvalue weighted by Crippen LogP contribution is 2.35. The first-order chi connectivity index (χ1) is 12.3. The van der Waals surface area contributed by atoms with Crippen molar-refractivity contribution in [3.8, 4) is 0 Å². The lowest BCUT2D eigenvalue weighted by molar-refractivity contribution is -0.134. The number of rotatable bonds is 5. The number of likely N-dealkylation sites (tertiary alicyclic amines) is 1. The number of carbonyl (C=O) groups is 1. The lowest BCUT2D eigenvalue weighted by Crippen LogP contribution is -2.50. The van der Waals surface area contributed by atoms with E-state index in [0.29, 0.717) is 18.3 Å². The van der Waals surface area contributed by atoms with Crippen LogP contribution >= 0.6 is 23.1 Å². The first kappa shape index (κ1) is 17.0. The fraction of sp³-hybridized carbons (Fsp3) is 0.647. The van der Waals surface area contributed by atoms with Crippen molar-refractivity contribution >= 4 is 29.0 Å². The van der Waals surface area contributed by atoms with Crippen LogP contribution in [0, 0.1) is 5.92 Å². The Morgan fingerprint density at radius 3 is 3.04 bits per heavy atom. The summed E-state index contributed by atoms with van der Waals surface area (Å²) in [5, 5.41) is 14.7. The number of piperidine rings is 1. The summed E-state index contributed by atoms with van der Waals surface area (Å²) in [5.74, 6) is 1.39. The number of thioether (sulfide) groups is 1. The minimum Gasteiger partial charge on any atom is -0.339 e. The van der Waals surface area contributed by atoms with E-state index in [2.05, 4.69) is 26.5 Å². The summed E-state index contributed by atoms with van der Waals surface area (Å²) < 4.78 is 1.78. The molecule has 4 rings (SSSR count). The molecule has 6 nitrogen and oxygen atoms in total. The molecule has 134 valence electrons. The molecule has 0 radical (unpaired) electrons. The maximum atomic E-state index is 12.8. The number of thiophene rings is 1. The van der Waals surface area contributed by atoms with Crippen molar-refractivity contribution in [2.75, 3.05) is 12.3 Å². The minimum absolute atomic E-state index is 0.243. The third-order valence-electron chi connectivity index (χ3n) is 5.27. The third kappa shape index (κ3) is 3.89. The van der Waals surface area contributed by atoms with E-state index in [1.54, 1.807) is 16.0 Å². The summed E-state index contributed by atoms with van der Waals surface area (Å²) in [5.41, 5.74) is 0. The van der Waals surface area contributed by atoms with Gasteiger partial charge in [0.2, 0.25) is 11.1 Å². The fourth-order valence-corrected chi connectivity index (χ4v) is 5.54. The van der Waals surface area contributed by atoms with Crippen LogP contribution in [0.15, 0.2) is 22.7 Å². The smallest absolute Gasteiger partial charge is 0.233 e. The van der Waals surface area contributed by atoms with Crippen LogP contribution in [0.2, 0.25) is 0 Å². The van der Waals surface area contributed by atoms with E-state index in [9.17, 15) is 4.79 Å². The van der Waals surface area contributed by atoms with Crippen LogP contribution in [-0.2, 0) is 11.3 Å². The van der Waals surface area contributed by atoms with Crippen LogP contribution < -0.4 is 0 Å². The zero-order valence-corrected chi connectivity index (χ0v) is 15.8. The number of aromatic nitrogens is 4. The zero-order chi connectivity index (χ0) is 17.1. The average molecular weight is 378 g/mol. The zero-order valence-electron chi connectivity index (χ0n) is 14.2. The molecule has 2 aliphatic rings. The van der Waals surface area contributed by atoms with Gasteiger partial charge in [-0.15, -0.1) is 16.4 Å². The molecule has 0 bridgehead atoms. The molecule has 1 saturated carbocycles. The van der Waals surface area contributed by atoms with Gasteiger partial charge in [0.15, 0.2) is 0 Å². The second-order valence-electron chi connectivity index (χ2n) is 6.83. The van der Waals surface area contributed by atoms with Gasteiger partial charge in [-0.3, -0.25) is 4.79 Å². The predicted molar refractivity (Wildman–Crippen MR) is 98.7 cm³/mol. The number of hydrogen-bond acceptors (Lipinski definition) is 6. The van der Waals surface area contributed by atoms with Gasteiger partial charge < -0.3 is 4.90 Å². The molecule has 2 aromatic rings. The molecule has 0 aromatic carbocycles. The van der Waals surface area contributed by atoms with Crippen LogP contribution in [-0.4, -0.2) is 49.4 Å². The molecule has 25 heavy (non-hydrogen) atoms. The van der Waals surface area contributed by atoms with Crippen molar-refractivity contribution < 1.29 is 4.79 Å². The van der Waals surface area contributed by atoms with E-state index < -0.39 is 0 Å². The molecule has 2 atom stereocenters. The minimum atomic E-state index is 0.243. The topological polar surface area (TPSA) is 63.9 Å². The number of carbonyl (C=O) groups excluding carboxylic acids is 1. The van der Waals surface area contributed by atoms with Gasteiger partial charge in [0.25, 0.3) is 0 Å². The molecule has 1 aliphatic heterocycles. The Kier molecular flexibility index (Phi) is 5.36. The molecule has 0 unspecified atom stereocenters. The SMILES string of the molecule is O=C(CSc1nnnn1Cc1cccs1)N1CCC[C@H]2CCCC[C@H]21. The standard InChI is InChI=1S/C17H23N5OS2/c23-16(21-9-3-6-13-5-1-2-8-15(13)21)12-25-17-18-19-20-22(17)11-14-7-4-10-24-14/h4,7,10,13,15H,1-3,5-6,8-9,11-12H2/t13-,15-/m1/s1. The highest BCUT2D eigenvalue weighted by molar-refractivity contribution is 7.99. The van der Waals surface area contributed by atoms with Gasteiger partial charge >= 0.3 is 0 Å². The van der Waals surface area contributed by atoms with Gasteiger partial charge in [-0.25, -0.2) is 4.68 Å². The molecule has 8 heteroatoms. The number of amides is 1. The summed E-state index contributed by atoms with van der Waals surface area (Å²) in [6.45, 7) is 1.58. The summed E-state index contributed by atoms with van der Waals surface area (Å²) >= 11 is 3.15. The lowest BCUT2D eigenvalue weighted by Gasteiger charge is -2.44. The second kappa shape index (κ2) is 7.86. The van der Waals surface area contributed by atoms with E-state index in [-0.39, 0.29) is 5.91 Å². The number of nitrogens with zero attached hydrogens (tertiary/aromatic N) is 5. The molecule has 2 aromatic heterocycles. The predicted octanol–water partition coefficient (Wildman–Crippen LogP) is 3.06. The van der Waals surface area contributed by atoms with Crippen LogP contribution in [0.4, 0.5) is 0 Å². The third-order valence-corrected chi connectivity index (χ3v) is 7.08. The summed E-state index contributed by atoms with van der Waals surface area (Å²) in [6.07, 6.45) is 7.50. The van der Waals surface area contributed by atoms with Crippen LogP contribution in [0.5, 0.6) is 0 Å². The van der Waals surface area contributed by atoms with E-state index in [0.717, 1.165) is 24.0 Å². The molecule has 0 N–H and O–H groups in total. The summed E-state index contributed by atoms with van der Waals surface area (Å²) in [7, 11) is 0. The normalized spacial score (nSPS) is 23.4. The number of hydrogen-bond donors (Lipinski definition) is 0. The molecular formula is C17H23N5OS2. The van der Waals surface area contributed by atoms with Crippen molar-refractivity contribution in [2.24, 2.45) is 5.92 Å². The molecule has 1 amide bonds. The monoisotopic (exact) mass is 377 g/mol. The first-order valence-corrected chi connectivity index (χ1v) is 10.9. The molecule has 2 fully saturated rings. The summed E-state index contributed by atoms with van der Waals surface area (Å²) in [4.78, 5) is 16.2. The fourth-order valence-electron chi connectivity index (χ4n) is 4.09. The van der Waals surface area contributed by atoms with Crippen molar-refractivity contribution in [3.05, 3.63) is 22.4 Å². The van der Waals surface area contributed by atoms with Gasteiger partial charge in [-0.2, -0.15) is 0 Å². The maximum Gasteiger partial charge on any atom is 0.233 e. The summed E-state index contributed by atoms with van der Waals surface area (Å²) in [6, 6.07) is 4.57. The van der Waals surface area contributed by atoms with Crippen LogP contribution in [0.1, 0.15) is 43.4 Å². The molecule has 3 heterocycles. The Morgan fingerprint density at radius 2 is 2.16 bits per heavy atom. The van der Waals surface area contributed by atoms with E-state index in [1.165, 1.54) is 48.7 Å². The lowest BCUT2D eigenvalue weighted by atomic mass is 9.78. The Bertz CT molecular complexity index is 700. The largest absolute Gasteiger partial charge is 0.339 e. The molecular weight excluding hydrogens is 354 g/mol. The maximum absolute atomic E-state index is 12.8. The first-order valence-electron chi connectivity index (χ1n) is 9.02. The molecule has 1 aliphatic carbocycles. The van der Waals surface area contributed by atoms with Crippen molar-refractivity contribution in [3.63, 3.8) is 0 Å². The number of tetrazole rings is 1. The molecule has 0 spiro atoms. The van der Waals surface area contributed by atoms with Crippen molar-refractivity contribution in [1.82, 2.24) is 25.1 Å². The Morgan fingerprint density at radius 1 is 1.28 bits per heavy atom. The Balaban J connectivity index is 1.36. The van der Waals surface area contributed by atoms with Crippen LogP contribution in [0.25, 0.3) is 0 Å². The van der Waals surface area contributed by atoms with Crippen molar-refractivity contribution in [2.45, 2.75) is 56.3 Å². The quantitative estimate of drug-likeness (QED) is 0.750. The second-order valence-corrected chi connectivity index (χ2v) is 8.80. The highest BCUT2D eigenvalue weighted by Gasteiger charge is 2.35. The van der Waals surface area contributed by atoms with Crippen LogP contribution in [0.3, 0.4) is 0 Å². The number of fused-ring (bicyclic) bond motifs is 1. The van der Waals surface area contributed by atoms with E-state index in [4.69, 9.17) is 0 Å². The molecule has 1 saturated heterocycles. The average Bonchev–Trinajstić information content (AvgIpc) is 3.31. The van der Waals surface area contributed by atoms with Crippen molar-refractivity contribution in [1.29, 1.82) is 0 Å². The van der Waals surface area contributed by atoms with E-state index in [1.807, 2.05) is 11.4 Å². The van der Waals surface area contributed by atoms with Gasteiger partial charge in [0.05, 0.1) is 12.3 Å². The van der Waals surface area contributed by atoms with E-state index >= 15 is 0 Å². The van der Waals surface area contributed by atoms with Gasteiger partial charge in [-0.05, 0) is 53.5 Å². The Hall–Kier alpha value is -1.41. The van der Waals surface area contributed by atoms with Gasteiger partial charge in [0, 0.05) is 17.5 Å².